The summed E-state index contributed by atoms with van der Waals surface area (Å²) in [5.74, 6) is 5.34. The van der Waals surface area contributed by atoms with Crippen LogP contribution >= 0.6 is 0 Å². The second-order valence-electron chi connectivity index (χ2n) is 10.6. The summed E-state index contributed by atoms with van der Waals surface area (Å²) in [6, 6.07) is 14.9. The molecule has 0 spiro atoms. The van der Waals surface area contributed by atoms with Gasteiger partial charge in [0, 0.05) is 20.7 Å². The van der Waals surface area contributed by atoms with Crippen LogP contribution in [0.15, 0.2) is 48.5 Å². The molecule has 0 atom stereocenters. The predicted octanol–water partition coefficient (Wildman–Crippen LogP) is 2.18. The van der Waals surface area contributed by atoms with E-state index in [2.05, 4.69) is 0 Å². The van der Waals surface area contributed by atoms with E-state index < -0.39 is 18.1 Å². The molecule has 0 aliphatic carbocycles. The molecule has 0 saturated heterocycles. The minimum absolute atomic E-state index is 0.406. The summed E-state index contributed by atoms with van der Waals surface area (Å²) >= 11 is 0. The molecule has 0 fully saturated rings. The third-order valence-electron chi connectivity index (χ3n) is 8.34. The Kier molecular flexibility index (Phi) is 13.4. The monoisotopic (exact) mass is 742 g/mol. The van der Waals surface area contributed by atoms with Gasteiger partial charge in [0.2, 0.25) is 41.1 Å². The second-order valence-corrected chi connectivity index (χ2v) is 15.7. The Morgan fingerprint density at radius 3 is 0.608 bits per heavy atom. The van der Waals surface area contributed by atoms with E-state index in [4.69, 9.17) is 61.0 Å². The Morgan fingerprint density at radius 1 is 0.255 bits per heavy atom. The maximum Gasteiger partial charge on any atom is 0.236 e. The molecule has 13 nitrogen and oxygen atoms in total. The first-order chi connectivity index (χ1) is 24.8. The summed E-state index contributed by atoms with van der Waals surface area (Å²) < 4.78 is 77.7. The van der Waals surface area contributed by atoms with Crippen LogP contribution in [0.25, 0.3) is 0 Å². The van der Waals surface area contributed by atoms with Crippen LogP contribution in [0.2, 0.25) is 0 Å². The van der Waals surface area contributed by atoms with Gasteiger partial charge in [-0.1, -0.05) is 24.3 Å². The predicted molar refractivity (Wildman–Crippen MR) is 198 cm³/mol. The molecular weight excluding hydrogens is 697 g/mol. The summed E-state index contributed by atoms with van der Waals surface area (Å²) in [6.07, 6.45) is 0. The number of hydrogen-bond donors (Lipinski definition) is 0. The molecule has 0 saturated carbocycles. The van der Waals surface area contributed by atoms with Crippen molar-refractivity contribution in [1.82, 2.24) is 0 Å². The summed E-state index contributed by atoms with van der Waals surface area (Å²) in [4.78, 5) is 0. The zero-order valence-corrected chi connectivity index (χ0v) is 33.4. The highest BCUT2D eigenvalue weighted by atomic mass is 28.4. The van der Waals surface area contributed by atoms with Crippen LogP contribution in [0.3, 0.4) is 0 Å². The van der Waals surface area contributed by atoms with Gasteiger partial charge in [0.15, 0.2) is 46.0 Å². The zero-order chi connectivity index (χ0) is 37.2. The lowest BCUT2D eigenvalue weighted by molar-refractivity contribution is 0.324. The lowest BCUT2D eigenvalue weighted by atomic mass is 10.3. The summed E-state index contributed by atoms with van der Waals surface area (Å²) in [5, 5.41) is 2.93. The van der Waals surface area contributed by atoms with Crippen LogP contribution in [0.4, 0.5) is 0 Å². The molecule has 4 aromatic rings. The molecule has 0 heterocycles. The summed E-state index contributed by atoms with van der Waals surface area (Å²) in [7, 11) is 12.8. The van der Waals surface area contributed by atoms with Crippen molar-refractivity contribution in [3.8, 4) is 69.0 Å². The Labute approximate surface area is 302 Å². The van der Waals surface area contributed by atoms with Crippen molar-refractivity contribution in [3.63, 3.8) is 0 Å². The van der Waals surface area contributed by atoms with E-state index in [1.807, 2.05) is 48.5 Å². The maximum atomic E-state index is 7.63. The van der Waals surface area contributed by atoms with E-state index in [9.17, 15) is 0 Å². The lowest BCUT2D eigenvalue weighted by Gasteiger charge is -2.30. The van der Waals surface area contributed by atoms with Gasteiger partial charge in [0.05, 0.1) is 85.3 Å². The van der Waals surface area contributed by atoms with Gasteiger partial charge < -0.3 is 61.0 Å². The van der Waals surface area contributed by atoms with Gasteiger partial charge in [-0.25, -0.2) is 0 Å². The number of hydrogen-bond acceptors (Lipinski definition) is 13. The third-order valence-corrected chi connectivity index (χ3v) is 14.6. The molecule has 51 heavy (non-hydrogen) atoms. The number of methoxy groups -OCH3 is 12. The molecule has 0 aliphatic rings. The van der Waals surface area contributed by atoms with Crippen LogP contribution in [0.5, 0.6) is 69.0 Å². The lowest BCUT2D eigenvalue weighted by Crippen LogP contribution is -2.57. The van der Waals surface area contributed by atoms with Gasteiger partial charge in [-0.15, -0.1) is 0 Å². The first-order valence-electron chi connectivity index (χ1n) is 15.6. The zero-order valence-electron chi connectivity index (χ0n) is 31.1. The van der Waals surface area contributed by atoms with Crippen LogP contribution in [0, 0.1) is 0 Å². The van der Waals surface area contributed by atoms with E-state index in [0.717, 1.165) is 20.7 Å². The molecular formula is C36H46O13Si2. The highest BCUT2D eigenvalue weighted by molar-refractivity contribution is 6.93. The quantitative estimate of drug-likeness (QED) is 0.139. The Morgan fingerprint density at radius 2 is 0.451 bits per heavy atom. The van der Waals surface area contributed by atoms with Gasteiger partial charge in [-0.2, -0.15) is 0 Å². The van der Waals surface area contributed by atoms with Crippen LogP contribution in [0.1, 0.15) is 0 Å². The van der Waals surface area contributed by atoms with Crippen molar-refractivity contribution in [1.29, 1.82) is 0 Å². The Balaban J connectivity index is 2.19. The average Bonchev–Trinajstić information content (AvgIpc) is 3.18. The molecule has 0 aromatic heterocycles. The number of ether oxygens (including phenoxy) is 12. The molecule has 4 rings (SSSR count). The molecule has 4 aromatic carbocycles. The topological polar surface area (TPSA) is 120 Å². The molecule has 0 aliphatic heterocycles. The second kappa shape index (κ2) is 17.7. The molecule has 0 radical (unpaired) electrons. The molecule has 0 unspecified atom stereocenters. The van der Waals surface area contributed by atoms with Crippen LogP contribution < -0.4 is 77.6 Å². The van der Waals surface area contributed by atoms with Crippen LogP contribution in [-0.2, 0) is 4.12 Å². The van der Waals surface area contributed by atoms with Crippen molar-refractivity contribution in [2.45, 2.75) is 0 Å². The fourth-order valence-corrected chi connectivity index (χ4v) is 13.2. The smallest absolute Gasteiger partial charge is 0.236 e. The normalized spacial score (nSPS) is 10.8. The fraction of sp³-hybridized carbons (Fsp3) is 0.333. The van der Waals surface area contributed by atoms with E-state index >= 15 is 0 Å². The van der Waals surface area contributed by atoms with Crippen LogP contribution in [-0.4, -0.2) is 103 Å². The first-order valence-corrected chi connectivity index (χ1v) is 18.9. The highest BCUT2D eigenvalue weighted by Gasteiger charge is 2.38. The van der Waals surface area contributed by atoms with E-state index in [-0.39, 0.29) is 0 Å². The Hall–Kier alpha value is -5.13. The standard InChI is InChI=1S/C36H46O13Si2/c1-37-21-13-17-25(33(45-9)29(21)41-5)50(26-18-14-22(38-2)30(42-6)34(26)46-10)49-51(27-19-15-23(39-3)31(43-7)35(27)47-11)28-20-16-24(40-4)32(44-8)36(28)48-12/h13-20,50-51H,1-12H3. The summed E-state index contributed by atoms with van der Waals surface area (Å²) in [6.45, 7) is 0. The number of rotatable bonds is 18. The fourth-order valence-electron chi connectivity index (χ4n) is 6.09. The molecule has 276 valence electrons. The van der Waals surface area contributed by atoms with Gasteiger partial charge in [0.25, 0.3) is 0 Å². The minimum atomic E-state index is -2.98. The van der Waals surface area contributed by atoms with Crippen molar-refractivity contribution in [2.75, 3.05) is 85.3 Å². The SMILES string of the molecule is COc1ccc([SiH](O[SiH](c2ccc(OC)c(OC)c2OC)c2ccc(OC)c(OC)c2OC)c2ccc(OC)c(OC)c2OC)c(OC)c1OC. The number of benzene rings is 4. The molecule has 15 heteroatoms. The van der Waals surface area contributed by atoms with Gasteiger partial charge in [-0.3, -0.25) is 0 Å². The molecule has 0 N–H and O–H groups in total. The largest absolute Gasteiger partial charge is 0.493 e. The first kappa shape index (κ1) is 38.7. The molecule has 0 bridgehead atoms. The molecule has 0 amide bonds. The van der Waals surface area contributed by atoms with Gasteiger partial charge >= 0.3 is 0 Å². The minimum Gasteiger partial charge on any atom is -0.493 e. The van der Waals surface area contributed by atoms with Crippen molar-refractivity contribution >= 4 is 38.8 Å². The van der Waals surface area contributed by atoms with E-state index in [1.165, 1.54) is 0 Å². The van der Waals surface area contributed by atoms with Crippen molar-refractivity contribution in [2.24, 2.45) is 0 Å². The average molecular weight is 743 g/mol. The van der Waals surface area contributed by atoms with Crippen molar-refractivity contribution in [3.05, 3.63) is 48.5 Å². The Bertz CT molecular complexity index is 1540. The van der Waals surface area contributed by atoms with Gasteiger partial charge in [-0.05, 0) is 24.3 Å². The third kappa shape index (κ3) is 7.22. The van der Waals surface area contributed by atoms with Crippen molar-refractivity contribution < 1.29 is 61.0 Å². The highest BCUT2D eigenvalue weighted by Crippen LogP contribution is 2.41. The van der Waals surface area contributed by atoms with Gasteiger partial charge in [0.1, 0.15) is 0 Å². The maximum absolute atomic E-state index is 7.63. The van der Waals surface area contributed by atoms with E-state index in [0.29, 0.717) is 69.0 Å². The van der Waals surface area contributed by atoms with E-state index in [1.54, 1.807) is 85.3 Å². The summed E-state index contributed by atoms with van der Waals surface area (Å²) in [5.41, 5.74) is 0.